The molecule has 0 saturated carbocycles. The second-order valence-electron chi connectivity index (χ2n) is 3.59. The third-order valence-corrected chi connectivity index (χ3v) is 2.67. The highest BCUT2D eigenvalue weighted by Crippen LogP contribution is 2.22. The molecule has 1 amide bonds. The summed E-state index contributed by atoms with van der Waals surface area (Å²) in [5, 5.41) is 2.75. The number of hydrogen-bond acceptors (Lipinski definition) is 3. The number of carbonyl (C=O) groups excluding carboxylic acids is 1. The summed E-state index contributed by atoms with van der Waals surface area (Å²) in [5.74, 6) is 0.542. The van der Waals surface area contributed by atoms with Crippen molar-refractivity contribution in [1.82, 2.24) is 5.32 Å². The maximum atomic E-state index is 11.4. The lowest BCUT2D eigenvalue weighted by molar-refractivity contribution is -0.123. The molecular weight excluding hydrogens is 284 g/mol. The maximum Gasteiger partial charge on any atom is 0.257 e. The first-order valence-electron chi connectivity index (χ1n) is 5.55. The summed E-state index contributed by atoms with van der Waals surface area (Å²) >= 11 is 3.36. The molecule has 0 heterocycles. The summed E-state index contributed by atoms with van der Waals surface area (Å²) in [7, 11) is 0. The molecule has 3 N–H and O–H groups in total. The molecule has 0 aliphatic rings. The number of hydrogen-bond donors (Lipinski definition) is 2. The van der Waals surface area contributed by atoms with E-state index in [9.17, 15) is 4.79 Å². The zero-order valence-electron chi connectivity index (χ0n) is 9.83. The van der Waals surface area contributed by atoms with Crippen molar-refractivity contribution in [3.8, 4) is 5.75 Å². The van der Waals surface area contributed by atoms with Crippen LogP contribution in [0.1, 0.15) is 18.9 Å². The summed E-state index contributed by atoms with van der Waals surface area (Å²) in [5.41, 5.74) is 6.48. The monoisotopic (exact) mass is 300 g/mol. The van der Waals surface area contributed by atoms with Gasteiger partial charge in [0.2, 0.25) is 0 Å². The number of rotatable bonds is 6. The average molecular weight is 301 g/mol. The molecule has 0 aliphatic carbocycles. The standard InChI is InChI=1S/C12H17BrN2O2/c1-2-5-15-12(16)8-17-11-4-3-10(13)6-9(11)7-14/h3-4,6H,2,5,7-8,14H2,1H3,(H,15,16). The van der Waals surface area contributed by atoms with E-state index in [0.717, 1.165) is 16.5 Å². The van der Waals surface area contributed by atoms with Crippen LogP contribution in [0.15, 0.2) is 22.7 Å². The number of amides is 1. The first-order valence-corrected chi connectivity index (χ1v) is 6.34. The Kier molecular flexibility index (Phi) is 6.00. The molecule has 94 valence electrons. The first kappa shape index (κ1) is 14.0. The number of nitrogens with one attached hydrogen (secondary N) is 1. The highest BCUT2D eigenvalue weighted by atomic mass is 79.9. The Morgan fingerprint density at radius 3 is 2.94 bits per heavy atom. The van der Waals surface area contributed by atoms with Crippen molar-refractivity contribution in [1.29, 1.82) is 0 Å². The van der Waals surface area contributed by atoms with Gasteiger partial charge in [0.15, 0.2) is 6.61 Å². The van der Waals surface area contributed by atoms with Crippen LogP contribution in [0, 0.1) is 0 Å². The molecule has 1 aromatic rings. The minimum atomic E-state index is -0.113. The smallest absolute Gasteiger partial charge is 0.257 e. The predicted molar refractivity (Wildman–Crippen MR) is 70.8 cm³/mol. The fourth-order valence-corrected chi connectivity index (χ4v) is 1.72. The molecule has 1 rings (SSSR count). The lowest BCUT2D eigenvalue weighted by atomic mass is 10.2. The van der Waals surface area contributed by atoms with Gasteiger partial charge < -0.3 is 15.8 Å². The number of nitrogens with two attached hydrogens (primary N) is 1. The van der Waals surface area contributed by atoms with Crippen LogP contribution in [0.4, 0.5) is 0 Å². The van der Waals surface area contributed by atoms with E-state index >= 15 is 0 Å². The minimum absolute atomic E-state index is 0.0225. The third-order valence-electron chi connectivity index (χ3n) is 2.17. The van der Waals surface area contributed by atoms with Gasteiger partial charge >= 0.3 is 0 Å². The van der Waals surface area contributed by atoms with Crippen LogP contribution in [0.2, 0.25) is 0 Å². The molecule has 0 fully saturated rings. The van der Waals surface area contributed by atoms with E-state index in [1.807, 2.05) is 19.1 Å². The van der Waals surface area contributed by atoms with Crippen molar-refractivity contribution >= 4 is 21.8 Å². The van der Waals surface area contributed by atoms with Gasteiger partial charge in [0.1, 0.15) is 5.75 Å². The van der Waals surface area contributed by atoms with Crippen LogP contribution in [0.25, 0.3) is 0 Å². The molecule has 0 saturated heterocycles. The van der Waals surface area contributed by atoms with Crippen LogP contribution in [0.3, 0.4) is 0 Å². The van der Waals surface area contributed by atoms with Crippen molar-refractivity contribution in [3.63, 3.8) is 0 Å². The molecule has 0 bridgehead atoms. The Hall–Kier alpha value is -1.07. The zero-order chi connectivity index (χ0) is 12.7. The number of ether oxygens (including phenoxy) is 1. The zero-order valence-corrected chi connectivity index (χ0v) is 11.4. The molecule has 0 aliphatic heterocycles. The molecule has 0 radical (unpaired) electrons. The third kappa shape index (κ3) is 4.75. The average Bonchev–Trinajstić information content (AvgIpc) is 2.34. The molecule has 0 aromatic heterocycles. The molecule has 17 heavy (non-hydrogen) atoms. The first-order chi connectivity index (χ1) is 8.17. The van der Waals surface area contributed by atoms with Gasteiger partial charge in [0.05, 0.1) is 0 Å². The van der Waals surface area contributed by atoms with Crippen molar-refractivity contribution in [2.24, 2.45) is 5.73 Å². The highest BCUT2D eigenvalue weighted by Gasteiger charge is 2.06. The lowest BCUT2D eigenvalue weighted by Crippen LogP contribution is -2.29. The van der Waals surface area contributed by atoms with Crippen LogP contribution in [-0.4, -0.2) is 19.1 Å². The molecule has 4 nitrogen and oxygen atoms in total. The molecule has 5 heteroatoms. The predicted octanol–water partition coefficient (Wildman–Crippen LogP) is 1.81. The number of halogens is 1. The van der Waals surface area contributed by atoms with Gasteiger partial charge in [-0.25, -0.2) is 0 Å². The van der Waals surface area contributed by atoms with E-state index in [-0.39, 0.29) is 12.5 Å². The van der Waals surface area contributed by atoms with Crippen LogP contribution in [0.5, 0.6) is 5.75 Å². The molecule has 0 spiro atoms. The van der Waals surface area contributed by atoms with E-state index < -0.39 is 0 Å². The quantitative estimate of drug-likeness (QED) is 0.842. The largest absolute Gasteiger partial charge is 0.483 e. The maximum absolute atomic E-state index is 11.4. The van der Waals surface area contributed by atoms with Crippen molar-refractivity contribution in [2.45, 2.75) is 19.9 Å². The molecule has 0 unspecified atom stereocenters. The summed E-state index contributed by atoms with van der Waals surface area (Å²) in [6.45, 7) is 3.08. The van der Waals surface area contributed by atoms with Crippen molar-refractivity contribution in [2.75, 3.05) is 13.2 Å². The highest BCUT2D eigenvalue weighted by molar-refractivity contribution is 9.10. The topological polar surface area (TPSA) is 64.3 Å². The molecular formula is C12H17BrN2O2. The van der Waals surface area contributed by atoms with E-state index in [1.54, 1.807) is 6.07 Å². The SMILES string of the molecule is CCCNC(=O)COc1ccc(Br)cc1CN. The lowest BCUT2D eigenvalue weighted by Gasteiger charge is -2.10. The molecule has 0 atom stereocenters. The Bertz CT molecular complexity index is 383. The van der Waals surface area contributed by atoms with Gasteiger partial charge in [-0.05, 0) is 24.6 Å². The van der Waals surface area contributed by atoms with Crippen LogP contribution >= 0.6 is 15.9 Å². The van der Waals surface area contributed by atoms with Gasteiger partial charge in [-0.1, -0.05) is 22.9 Å². The Labute approximate surface area is 110 Å². The van der Waals surface area contributed by atoms with Crippen LogP contribution in [-0.2, 0) is 11.3 Å². The molecule has 1 aromatic carbocycles. The fraction of sp³-hybridized carbons (Fsp3) is 0.417. The summed E-state index contributed by atoms with van der Waals surface area (Å²) in [6, 6.07) is 5.55. The summed E-state index contributed by atoms with van der Waals surface area (Å²) < 4.78 is 6.37. The Morgan fingerprint density at radius 1 is 1.53 bits per heavy atom. The van der Waals surface area contributed by atoms with E-state index in [0.29, 0.717) is 18.8 Å². The number of benzene rings is 1. The summed E-state index contributed by atoms with van der Waals surface area (Å²) in [6.07, 6.45) is 0.915. The van der Waals surface area contributed by atoms with Crippen molar-refractivity contribution < 1.29 is 9.53 Å². The summed E-state index contributed by atoms with van der Waals surface area (Å²) in [4.78, 5) is 11.4. The van der Waals surface area contributed by atoms with Crippen molar-refractivity contribution in [3.05, 3.63) is 28.2 Å². The van der Waals surface area contributed by atoms with E-state index in [4.69, 9.17) is 10.5 Å². The van der Waals surface area contributed by atoms with Gasteiger partial charge in [0, 0.05) is 23.1 Å². The second-order valence-corrected chi connectivity index (χ2v) is 4.51. The van der Waals surface area contributed by atoms with Gasteiger partial charge in [-0.2, -0.15) is 0 Å². The Morgan fingerprint density at radius 2 is 2.29 bits per heavy atom. The fourth-order valence-electron chi connectivity index (χ4n) is 1.31. The Balaban J connectivity index is 2.54. The van der Waals surface area contributed by atoms with Gasteiger partial charge in [-0.3, -0.25) is 4.79 Å². The minimum Gasteiger partial charge on any atom is -0.483 e. The van der Waals surface area contributed by atoms with Gasteiger partial charge in [0.25, 0.3) is 5.91 Å². The van der Waals surface area contributed by atoms with E-state index in [1.165, 1.54) is 0 Å². The normalized spacial score (nSPS) is 10.1. The second kappa shape index (κ2) is 7.29. The van der Waals surface area contributed by atoms with Crippen LogP contribution < -0.4 is 15.8 Å². The van der Waals surface area contributed by atoms with Gasteiger partial charge in [-0.15, -0.1) is 0 Å². The number of carbonyl (C=O) groups is 1. The van der Waals surface area contributed by atoms with E-state index in [2.05, 4.69) is 21.2 Å².